The summed E-state index contributed by atoms with van der Waals surface area (Å²) in [5.41, 5.74) is 1.15. The lowest BCUT2D eigenvalue weighted by Gasteiger charge is -2.10. The zero-order valence-electron chi connectivity index (χ0n) is 10.5. The van der Waals surface area contributed by atoms with Gasteiger partial charge in [0.1, 0.15) is 11.6 Å². The number of aryl methyl sites for hydroxylation is 2. The Balaban J connectivity index is 2.93. The van der Waals surface area contributed by atoms with E-state index in [9.17, 15) is 0 Å². The van der Waals surface area contributed by atoms with Gasteiger partial charge in [-0.3, -0.25) is 0 Å². The van der Waals surface area contributed by atoms with E-state index in [1.165, 1.54) is 0 Å². The molecule has 3 nitrogen and oxygen atoms in total. The molecule has 1 rings (SSSR count). The first-order valence-electron chi connectivity index (χ1n) is 5.81. The van der Waals surface area contributed by atoms with Gasteiger partial charge in [-0.15, -0.1) is 0 Å². The van der Waals surface area contributed by atoms with E-state index < -0.39 is 0 Å². The number of nitrogens with zero attached hydrogens (tertiary/aromatic N) is 2. The second-order valence-electron chi connectivity index (χ2n) is 4.29. The van der Waals surface area contributed by atoms with Crippen LogP contribution >= 0.6 is 22.6 Å². The monoisotopic (exact) mass is 333 g/mol. The van der Waals surface area contributed by atoms with Crippen molar-refractivity contribution in [3.63, 3.8) is 0 Å². The van der Waals surface area contributed by atoms with E-state index in [1.54, 1.807) is 0 Å². The van der Waals surface area contributed by atoms with Crippen molar-refractivity contribution in [3.8, 4) is 0 Å². The molecule has 0 aromatic carbocycles. The topological polar surface area (TPSA) is 37.8 Å². The molecule has 0 saturated carbocycles. The first-order valence-corrected chi connectivity index (χ1v) is 6.89. The number of rotatable bonds is 5. The van der Waals surface area contributed by atoms with Crippen LogP contribution in [0.5, 0.6) is 0 Å². The fourth-order valence-corrected chi connectivity index (χ4v) is 2.37. The molecule has 1 aromatic heterocycles. The van der Waals surface area contributed by atoms with E-state index in [1.807, 2.05) is 7.05 Å². The highest BCUT2D eigenvalue weighted by Gasteiger charge is 2.10. The van der Waals surface area contributed by atoms with Crippen LogP contribution in [0, 0.1) is 9.49 Å². The zero-order chi connectivity index (χ0) is 12.1. The summed E-state index contributed by atoms with van der Waals surface area (Å²) in [5, 5.41) is 3.14. The Morgan fingerprint density at radius 1 is 1.31 bits per heavy atom. The van der Waals surface area contributed by atoms with Crippen molar-refractivity contribution in [3.05, 3.63) is 15.1 Å². The molecule has 0 unspecified atom stereocenters. The fraction of sp³-hybridized carbons (Fsp3) is 0.667. The molecule has 4 heteroatoms. The number of hydrogen-bond acceptors (Lipinski definition) is 3. The summed E-state index contributed by atoms with van der Waals surface area (Å²) in [6.07, 6.45) is 3.08. The fourth-order valence-electron chi connectivity index (χ4n) is 1.47. The third-order valence-corrected chi connectivity index (χ3v) is 3.62. The molecule has 1 aromatic rings. The van der Waals surface area contributed by atoms with Crippen molar-refractivity contribution in [2.45, 2.75) is 40.0 Å². The molecule has 0 amide bonds. The average Bonchev–Trinajstić information content (AvgIpc) is 2.27. The van der Waals surface area contributed by atoms with E-state index in [-0.39, 0.29) is 0 Å². The van der Waals surface area contributed by atoms with Crippen LogP contribution in [0.2, 0.25) is 0 Å². The predicted molar refractivity (Wildman–Crippen MR) is 76.8 cm³/mol. The Bertz CT molecular complexity index is 325. The molecule has 0 aliphatic rings. The predicted octanol–water partition coefficient (Wildman–Crippen LogP) is 3.27. The summed E-state index contributed by atoms with van der Waals surface area (Å²) >= 11 is 2.31. The number of hydrogen-bond donors (Lipinski definition) is 1. The van der Waals surface area contributed by atoms with E-state index in [0.717, 1.165) is 40.2 Å². The van der Waals surface area contributed by atoms with Crippen LogP contribution in [-0.2, 0) is 12.8 Å². The molecule has 1 N–H and O–H groups in total. The summed E-state index contributed by atoms with van der Waals surface area (Å²) in [6, 6.07) is 0. The average molecular weight is 333 g/mol. The van der Waals surface area contributed by atoms with Gasteiger partial charge in [0.25, 0.3) is 0 Å². The normalized spacial score (nSPS) is 10.9. The molecule has 0 aliphatic heterocycles. The maximum Gasteiger partial charge on any atom is 0.143 e. The Hall–Kier alpha value is -0.390. The molecule has 1 heterocycles. The molecular formula is C12H20IN3. The van der Waals surface area contributed by atoms with Crippen LogP contribution in [0.15, 0.2) is 0 Å². The van der Waals surface area contributed by atoms with Crippen molar-refractivity contribution < 1.29 is 0 Å². The molecular weight excluding hydrogens is 313 g/mol. The lowest BCUT2D eigenvalue weighted by atomic mass is 10.1. The third-order valence-electron chi connectivity index (χ3n) is 2.48. The lowest BCUT2D eigenvalue weighted by Crippen LogP contribution is -2.08. The summed E-state index contributed by atoms with van der Waals surface area (Å²) in [7, 11) is 1.91. The van der Waals surface area contributed by atoms with E-state index in [2.05, 4.69) is 58.6 Å². The summed E-state index contributed by atoms with van der Waals surface area (Å²) in [4.78, 5) is 9.15. The van der Waals surface area contributed by atoms with Crippen LogP contribution in [0.4, 0.5) is 5.82 Å². The molecule has 0 atom stereocenters. The molecule has 0 spiro atoms. The number of nitrogens with one attached hydrogen (secondary N) is 1. The Kier molecular flexibility index (Phi) is 5.44. The third kappa shape index (κ3) is 3.57. The maximum atomic E-state index is 4.61. The summed E-state index contributed by atoms with van der Waals surface area (Å²) in [5.74, 6) is 2.63. The highest BCUT2D eigenvalue weighted by atomic mass is 127. The van der Waals surface area contributed by atoms with Gasteiger partial charge in [0.15, 0.2) is 0 Å². The molecule has 0 radical (unpaired) electrons. The highest BCUT2D eigenvalue weighted by Crippen LogP contribution is 2.20. The van der Waals surface area contributed by atoms with Crippen molar-refractivity contribution in [2.24, 2.45) is 5.92 Å². The Labute approximate surface area is 112 Å². The first kappa shape index (κ1) is 13.7. The van der Waals surface area contributed by atoms with Crippen LogP contribution in [0.3, 0.4) is 0 Å². The molecule has 0 fully saturated rings. The highest BCUT2D eigenvalue weighted by molar-refractivity contribution is 14.1. The van der Waals surface area contributed by atoms with E-state index in [0.29, 0.717) is 5.92 Å². The van der Waals surface area contributed by atoms with Crippen molar-refractivity contribution in [1.82, 2.24) is 9.97 Å². The molecule has 16 heavy (non-hydrogen) atoms. The molecule has 90 valence electrons. The minimum absolute atomic E-state index is 0.700. The largest absolute Gasteiger partial charge is 0.372 e. The summed E-state index contributed by atoms with van der Waals surface area (Å²) < 4.78 is 1.15. The van der Waals surface area contributed by atoms with Crippen molar-refractivity contribution >= 4 is 28.4 Å². The molecule has 0 bridgehead atoms. The van der Waals surface area contributed by atoms with Gasteiger partial charge in [-0.25, -0.2) is 9.97 Å². The number of halogens is 1. The van der Waals surface area contributed by atoms with Gasteiger partial charge in [-0.2, -0.15) is 0 Å². The zero-order valence-corrected chi connectivity index (χ0v) is 12.6. The quantitative estimate of drug-likeness (QED) is 0.841. The molecule has 0 aliphatic carbocycles. The van der Waals surface area contributed by atoms with Crippen LogP contribution in [0.25, 0.3) is 0 Å². The van der Waals surface area contributed by atoms with E-state index >= 15 is 0 Å². The number of aromatic nitrogens is 2. The summed E-state index contributed by atoms with van der Waals surface area (Å²) in [6.45, 7) is 6.59. The smallest absolute Gasteiger partial charge is 0.143 e. The molecule has 0 saturated heterocycles. The van der Waals surface area contributed by atoms with Gasteiger partial charge in [0, 0.05) is 13.5 Å². The van der Waals surface area contributed by atoms with Crippen LogP contribution in [-0.4, -0.2) is 17.0 Å². The van der Waals surface area contributed by atoms with Gasteiger partial charge in [-0.1, -0.05) is 20.8 Å². The van der Waals surface area contributed by atoms with Crippen LogP contribution in [0.1, 0.15) is 38.7 Å². The van der Waals surface area contributed by atoms with Gasteiger partial charge in [0.2, 0.25) is 0 Å². The SMILES string of the molecule is CCc1nc(CCC(C)C)nc(NC)c1I. The van der Waals surface area contributed by atoms with Gasteiger partial charge < -0.3 is 5.32 Å². The minimum atomic E-state index is 0.700. The first-order chi connectivity index (χ1) is 7.58. The Morgan fingerprint density at radius 2 is 2.00 bits per heavy atom. The van der Waals surface area contributed by atoms with E-state index in [4.69, 9.17) is 0 Å². The standard InChI is InChI=1S/C12H20IN3/c1-5-9-11(13)12(14-4)16-10(15-9)7-6-8(2)3/h8H,5-7H2,1-4H3,(H,14,15,16). The van der Waals surface area contributed by atoms with Gasteiger partial charge in [-0.05, 0) is 41.4 Å². The van der Waals surface area contributed by atoms with Crippen molar-refractivity contribution in [2.75, 3.05) is 12.4 Å². The van der Waals surface area contributed by atoms with Gasteiger partial charge in [0.05, 0.1) is 9.26 Å². The second kappa shape index (κ2) is 6.37. The lowest BCUT2D eigenvalue weighted by molar-refractivity contribution is 0.573. The maximum absolute atomic E-state index is 4.61. The van der Waals surface area contributed by atoms with Gasteiger partial charge >= 0.3 is 0 Å². The van der Waals surface area contributed by atoms with Crippen LogP contribution < -0.4 is 5.32 Å². The number of anilines is 1. The second-order valence-corrected chi connectivity index (χ2v) is 5.36. The Morgan fingerprint density at radius 3 is 2.50 bits per heavy atom. The minimum Gasteiger partial charge on any atom is -0.372 e. The van der Waals surface area contributed by atoms with Crippen molar-refractivity contribution in [1.29, 1.82) is 0 Å².